The number of nitrogens with zero attached hydrogens (tertiary/aromatic N) is 1. The molecule has 26 heavy (non-hydrogen) atoms. The second-order valence-corrected chi connectivity index (χ2v) is 8.23. The first-order valence-corrected chi connectivity index (χ1v) is 9.71. The first kappa shape index (κ1) is 17.5. The monoisotopic (exact) mass is 383 g/mol. The van der Waals surface area contributed by atoms with Crippen molar-refractivity contribution >= 4 is 28.9 Å². The summed E-state index contributed by atoms with van der Waals surface area (Å²) in [4.78, 5) is 5.34. The fraction of sp³-hybridized carbons (Fsp3) is 0.286. The highest BCUT2D eigenvalue weighted by atomic mass is 35.5. The summed E-state index contributed by atoms with van der Waals surface area (Å²) >= 11 is 1.57. The highest BCUT2D eigenvalue weighted by molar-refractivity contribution is 7.15. The molecular weight excluding hydrogens is 362 g/mol. The Morgan fingerprint density at radius 3 is 2.19 bits per heavy atom. The molecule has 0 saturated heterocycles. The van der Waals surface area contributed by atoms with Crippen LogP contribution in [-0.2, 0) is 6.54 Å². The van der Waals surface area contributed by atoms with Crippen LogP contribution < -0.4 is 11.1 Å². The van der Waals surface area contributed by atoms with Crippen molar-refractivity contribution in [1.82, 2.24) is 10.3 Å². The average Bonchev–Trinajstić information content (AvgIpc) is 3.07. The lowest BCUT2D eigenvalue weighted by atomic mass is 9.59. The van der Waals surface area contributed by atoms with Crippen molar-refractivity contribution in [3.63, 3.8) is 0 Å². The number of fused-ring (bicyclic) bond motifs is 1. The van der Waals surface area contributed by atoms with E-state index in [0.29, 0.717) is 22.9 Å². The van der Waals surface area contributed by atoms with Crippen molar-refractivity contribution in [3.8, 4) is 0 Å². The zero-order valence-corrected chi connectivity index (χ0v) is 16.0. The van der Waals surface area contributed by atoms with Crippen LogP contribution in [0.1, 0.15) is 45.4 Å². The van der Waals surface area contributed by atoms with Gasteiger partial charge in [-0.15, -0.1) is 23.7 Å². The Morgan fingerprint density at radius 1 is 1.00 bits per heavy atom. The van der Waals surface area contributed by atoms with E-state index in [0.717, 1.165) is 13.1 Å². The third-order valence-corrected chi connectivity index (χ3v) is 6.53. The molecule has 0 spiro atoms. The third-order valence-electron chi connectivity index (χ3n) is 5.70. The molecule has 3 aliphatic rings. The standard InChI is InChI=1S/C21H21N3S.ClH/c22-21-24-12-14(25-21)11-23-10-13-9-19-15-5-1-3-7-17(15)20(13)18-8-4-2-6-16(18)19;/h1-8,12-13,19-20,23H,9-11H2,(H2,22,24);1H. The SMILES string of the molecule is Cl.Nc1ncc(CNCC2CC3c4ccccc4C2c2ccccc23)s1. The highest BCUT2D eigenvalue weighted by Gasteiger charge is 2.42. The first-order valence-electron chi connectivity index (χ1n) is 8.90. The minimum Gasteiger partial charge on any atom is -0.375 e. The molecule has 1 unspecified atom stereocenters. The van der Waals surface area contributed by atoms with E-state index in [2.05, 4.69) is 58.8 Å². The number of hydrogen-bond acceptors (Lipinski definition) is 4. The second-order valence-electron chi connectivity index (χ2n) is 7.08. The van der Waals surface area contributed by atoms with Gasteiger partial charge in [-0.25, -0.2) is 4.98 Å². The molecule has 0 amide bonds. The molecule has 134 valence electrons. The molecule has 0 radical (unpaired) electrons. The van der Waals surface area contributed by atoms with Gasteiger partial charge in [0.05, 0.1) is 0 Å². The third kappa shape index (κ3) is 2.82. The molecule has 2 bridgehead atoms. The molecule has 1 heterocycles. The van der Waals surface area contributed by atoms with Crippen LogP contribution in [0.3, 0.4) is 0 Å². The topological polar surface area (TPSA) is 50.9 Å². The van der Waals surface area contributed by atoms with Gasteiger partial charge in [0.25, 0.3) is 0 Å². The predicted octanol–water partition coefficient (Wildman–Crippen LogP) is 4.53. The zero-order valence-electron chi connectivity index (χ0n) is 14.4. The largest absolute Gasteiger partial charge is 0.375 e. The van der Waals surface area contributed by atoms with Crippen molar-refractivity contribution in [2.24, 2.45) is 5.92 Å². The van der Waals surface area contributed by atoms with Crippen LogP contribution in [0.4, 0.5) is 5.13 Å². The summed E-state index contributed by atoms with van der Waals surface area (Å²) in [6.45, 7) is 1.88. The van der Waals surface area contributed by atoms with E-state index < -0.39 is 0 Å². The van der Waals surface area contributed by atoms with E-state index in [9.17, 15) is 0 Å². The Balaban J connectivity index is 0.00000168. The van der Waals surface area contributed by atoms with E-state index in [1.54, 1.807) is 11.3 Å². The fourth-order valence-corrected chi connectivity index (χ4v) is 5.40. The molecule has 2 aromatic carbocycles. The van der Waals surface area contributed by atoms with Crippen molar-refractivity contribution < 1.29 is 0 Å². The number of nitrogens with two attached hydrogens (primary N) is 1. The maximum absolute atomic E-state index is 5.73. The minimum absolute atomic E-state index is 0. The van der Waals surface area contributed by atoms with Gasteiger partial charge in [0.2, 0.25) is 0 Å². The van der Waals surface area contributed by atoms with Gasteiger partial charge in [0.1, 0.15) is 0 Å². The lowest BCUT2D eigenvalue weighted by molar-refractivity contribution is 0.339. The summed E-state index contributed by atoms with van der Waals surface area (Å²) in [5.74, 6) is 1.69. The zero-order chi connectivity index (χ0) is 16.8. The van der Waals surface area contributed by atoms with Crippen LogP contribution in [0, 0.1) is 5.92 Å². The van der Waals surface area contributed by atoms with Gasteiger partial charge < -0.3 is 11.1 Å². The molecule has 3 aliphatic carbocycles. The quantitative estimate of drug-likeness (QED) is 0.695. The smallest absolute Gasteiger partial charge is 0.180 e. The Kier molecular flexibility index (Phi) is 4.74. The predicted molar refractivity (Wildman–Crippen MR) is 110 cm³/mol. The van der Waals surface area contributed by atoms with E-state index >= 15 is 0 Å². The number of halogens is 1. The van der Waals surface area contributed by atoms with Gasteiger partial charge in [0.15, 0.2) is 5.13 Å². The molecule has 1 aromatic heterocycles. The number of aromatic nitrogens is 1. The van der Waals surface area contributed by atoms with Crippen molar-refractivity contribution in [2.75, 3.05) is 12.3 Å². The average molecular weight is 384 g/mol. The summed E-state index contributed by atoms with van der Waals surface area (Å²) in [6.07, 6.45) is 3.11. The molecule has 3 aromatic rings. The highest BCUT2D eigenvalue weighted by Crippen LogP contribution is 2.55. The number of hydrogen-bond donors (Lipinski definition) is 2. The molecule has 1 atom stereocenters. The van der Waals surface area contributed by atoms with Crippen LogP contribution in [-0.4, -0.2) is 11.5 Å². The molecule has 6 rings (SSSR count). The Labute approximate surface area is 164 Å². The minimum atomic E-state index is 0. The Bertz CT molecular complexity index is 875. The van der Waals surface area contributed by atoms with Crippen molar-refractivity contribution in [1.29, 1.82) is 0 Å². The van der Waals surface area contributed by atoms with Crippen LogP contribution >= 0.6 is 23.7 Å². The van der Waals surface area contributed by atoms with Gasteiger partial charge >= 0.3 is 0 Å². The number of benzene rings is 2. The molecule has 3 N–H and O–H groups in total. The summed E-state index contributed by atoms with van der Waals surface area (Å²) in [7, 11) is 0. The van der Waals surface area contributed by atoms with E-state index in [-0.39, 0.29) is 12.4 Å². The number of thiazole rings is 1. The second kappa shape index (κ2) is 7.03. The Morgan fingerprint density at radius 2 is 1.62 bits per heavy atom. The van der Waals surface area contributed by atoms with Crippen LogP contribution in [0.25, 0.3) is 0 Å². The van der Waals surface area contributed by atoms with Gasteiger partial charge in [-0.05, 0) is 41.1 Å². The van der Waals surface area contributed by atoms with E-state index in [1.165, 1.54) is 33.6 Å². The fourth-order valence-electron chi connectivity index (χ4n) is 4.74. The molecule has 3 nitrogen and oxygen atoms in total. The molecule has 0 saturated carbocycles. The van der Waals surface area contributed by atoms with Gasteiger partial charge in [-0.2, -0.15) is 0 Å². The Hall–Kier alpha value is -1.88. The molecular formula is C21H22ClN3S. The van der Waals surface area contributed by atoms with Crippen LogP contribution in [0.2, 0.25) is 0 Å². The molecule has 0 aliphatic heterocycles. The number of rotatable bonds is 4. The summed E-state index contributed by atoms with van der Waals surface area (Å²) in [5, 5.41) is 4.30. The lowest BCUT2D eigenvalue weighted by Crippen LogP contribution is -2.37. The number of anilines is 1. The maximum atomic E-state index is 5.73. The van der Waals surface area contributed by atoms with Crippen LogP contribution in [0.15, 0.2) is 54.7 Å². The van der Waals surface area contributed by atoms with Crippen molar-refractivity contribution in [2.45, 2.75) is 24.8 Å². The normalized spacial score (nSPS) is 22.4. The van der Waals surface area contributed by atoms with E-state index in [4.69, 9.17) is 5.73 Å². The van der Waals surface area contributed by atoms with Crippen LogP contribution in [0.5, 0.6) is 0 Å². The summed E-state index contributed by atoms with van der Waals surface area (Å²) in [5.41, 5.74) is 11.9. The summed E-state index contributed by atoms with van der Waals surface area (Å²) < 4.78 is 0. The van der Waals surface area contributed by atoms with Gasteiger partial charge in [0, 0.05) is 29.5 Å². The number of nitrogens with one attached hydrogen (secondary N) is 1. The maximum Gasteiger partial charge on any atom is 0.180 e. The lowest BCUT2D eigenvalue weighted by Gasteiger charge is -2.45. The molecule has 5 heteroatoms. The van der Waals surface area contributed by atoms with Gasteiger partial charge in [-0.1, -0.05) is 48.5 Å². The summed E-state index contributed by atoms with van der Waals surface area (Å²) in [6, 6.07) is 18.1. The number of nitrogen functional groups attached to an aromatic ring is 1. The van der Waals surface area contributed by atoms with Crippen molar-refractivity contribution in [3.05, 3.63) is 81.9 Å². The first-order chi connectivity index (χ1) is 12.3. The van der Waals surface area contributed by atoms with Gasteiger partial charge in [-0.3, -0.25) is 0 Å². The molecule has 0 fully saturated rings. The van der Waals surface area contributed by atoms with E-state index in [1.807, 2.05) is 6.20 Å².